The van der Waals surface area contributed by atoms with Crippen molar-refractivity contribution in [2.24, 2.45) is 5.73 Å². The van der Waals surface area contributed by atoms with Crippen LogP contribution in [0.15, 0.2) is 18.2 Å². The third-order valence-electron chi connectivity index (χ3n) is 3.81. The first-order valence-electron chi connectivity index (χ1n) is 6.71. The molecule has 1 aromatic carbocycles. The molecule has 7 nitrogen and oxygen atoms in total. The first kappa shape index (κ1) is 13.7. The topological polar surface area (TPSA) is 99.9 Å². The third kappa shape index (κ3) is 2.52. The van der Waals surface area contributed by atoms with Crippen molar-refractivity contribution >= 4 is 11.8 Å². The van der Waals surface area contributed by atoms with E-state index in [0.29, 0.717) is 43.1 Å². The van der Waals surface area contributed by atoms with Crippen molar-refractivity contribution < 1.29 is 23.8 Å². The number of carbonyl (C=O) groups is 2. The van der Waals surface area contributed by atoms with Gasteiger partial charge in [0, 0.05) is 31.6 Å². The summed E-state index contributed by atoms with van der Waals surface area (Å²) >= 11 is 0. The maximum atomic E-state index is 12.4. The monoisotopic (exact) mass is 292 g/mol. The van der Waals surface area contributed by atoms with Gasteiger partial charge in [0.1, 0.15) is 5.54 Å². The Morgan fingerprint density at radius 3 is 2.57 bits per heavy atom. The Kier molecular flexibility index (Phi) is 3.42. The molecule has 0 unspecified atom stereocenters. The summed E-state index contributed by atoms with van der Waals surface area (Å²) in [6.45, 7) is 0.928. The average Bonchev–Trinajstić information content (AvgIpc) is 2.95. The van der Waals surface area contributed by atoms with Gasteiger partial charge in [-0.2, -0.15) is 0 Å². The fraction of sp³-hybridized carbons (Fsp3) is 0.429. The summed E-state index contributed by atoms with van der Waals surface area (Å²) in [6, 6.07) is 4.88. The third-order valence-corrected chi connectivity index (χ3v) is 3.81. The number of benzene rings is 1. The van der Waals surface area contributed by atoms with Gasteiger partial charge in [-0.25, -0.2) is 0 Å². The minimum absolute atomic E-state index is 0.142. The first-order chi connectivity index (χ1) is 10.1. The Hall–Kier alpha value is -2.28. The number of nitrogens with two attached hydrogens (primary N) is 1. The summed E-state index contributed by atoms with van der Waals surface area (Å²) in [7, 11) is 0. The Balaban J connectivity index is 1.80. The van der Waals surface area contributed by atoms with Crippen molar-refractivity contribution in [1.82, 2.24) is 5.32 Å². The summed E-state index contributed by atoms with van der Waals surface area (Å²) in [5, 5.41) is 2.75. The Bertz CT molecular complexity index is 581. The zero-order chi connectivity index (χ0) is 14.9. The van der Waals surface area contributed by atoms with Gasteiger partial charge >= 0.3 is 0 Å². The molecule has 2 amide bonds. The molecule has 3 rings (SSSR count). The second-order valence-electron chi connectivity index (χ2n) is 5.08. The molecule has 0 aromatic heterocycles. The SMILES string of the molecule is NC(=O)C1(NC(=O)c2ccc3c(c2)OCO3)CCOCC1. The second kappa shape index (κ2) is 5.25. The van der Waals surface area contributed by atoms with E-state index in [1.807, 2.05) is 0 Å². The van der Waals surface area contributed by atoms with Crippen LogP contribution in [0, 0.1) is 0 Å². The highest BCUT2D eigenvalue weighted by Crippen LogP contribution is 2.32. The molecule has 2 aliphatic heterocycles. The lowest BCUT2D eigenvalue weighted by Gasteiger charge is -2.34. The summed E-state index contributed by atoms with van der Waals surface area (Å²) in [6.07, 6.45) is 0.747. The van der Waals surface area contributed by atoms with E-state index >= 15 is 0 Å². The van der Waals surface area contributed by atoms with E-state index in [1.165, 1.54) is 0 Å². The normalized spacial score (nSPS) is 19.0. The van der Waals surface area contributed by atoms with Gasteiger partial charge in [0.05, 0.1) is 0 Å². The molecule has 0 saturated carbocycles. The average molecular weight is 292 g/mol. The smallest absolute Gasteiger partial charge is 0.252 e. The highest BCUT2D eigenvalue weighted by molar-refractivity contribution is 5.99. The van der Waals surface area contributed by atoms with E-state index in [9.17, 15) is 9.59 Å². The molecule has 0 radical (unpaired) electrons. The predicted molar refractivity (Wildman–Crippen MR) is 72.0 cm³/mol. The van der Waals surface area contributed by atoms with Gasteiger partial charge in [0.2, 0.25) is 12.7 Å². The van der Waals surface area contributed by atoms with Crippen LogP contribution in [0.25, 0.3) is 0 Å². The zero-order valence-corrected chi connectivity index (χ0v) is 11.4. The molecular weight excluding hydrogens is 276 g/mol. The number of ether oxygens (including phenoxy) is 3. The lowest BCUT2D eigenvalue weighted by atomic mass is 9.89. The molecule has 7 heteroatoms. The van der Waals surface area contributed by atoms with Crippen LogP contribution in [0.4, 0.5) is 0 Å². The first-order valence-corrected chi connectivity index (χ1v) is 6.71. The number of amides is 2. The molecule has 112 valence electrons. The number of primary amides is 1. The lowest BCUT2D eigenvalue weighted by Crippen LogP contribution is -2.60. The molecule has 1 saturated heterocycles. The van der Waals surface area contributed by atoms with Crippen LogP contribution < -0.4 is 20.5 Å². The summed E-state index contributed by atoms with van der Waals surface area (Å²) in [4.78, 5) is 24.1. The number of hydrogen-bond acceptors (Lipinski definition) is 5. The molecule has 2 aliphatic rings. The van der Waals surface area contributed by atoms with E-state index in [1.54, 1.807) is 18.2 Å². The van der Waals surface area contributed by atoms with E-state index in [-0.39, 0.29) is 12.7 Å². The maximum Gasteiger partial charge on any atom is 0.252 e. The van der Waals surface area contributed by atoms with Gasteiger partial charge < -0.3 is 25.3 Å². The van der Waals surface area contributed by atoms with Gasteiger partial charge in [-0.15, -0.1) is 0 Å². The summed E-state index contributed by atoms with van der Waals surface area (Å²) < 4.78 is 15.7. The van der Waals surface area contributed by atoms with Crippen LogP contribution >= 0.6 is 0 Å². The van der Waals surface area contributed by atoms with Gasteiger partial charge in [0.25, 0.3) is 5.91 Å². The van der Waals surface area contributed by atoms with Gasteiger partial charge in [0.15, 0.2) is 11.5 Å². The van der Waals surface area contributed by atoms with Crippen LogP contribution in [0.2, 0.25) is 0 Å². The Morgan fingerprint density at radius 2 is 1.86 bits per heavy atom. The van der Waals surface area contributed by atoms with Crippen molar-refractivity contribution in [1.29, 1.82) is 0 Å². The van der Waals surface area contributed by atoms with E-state index in [0.717, 1.165) is 0 Å². The number of hydrogen-bond donors (Lipinski definition) is 2. The molecule has 3 N–H and O–H groups in total. The molecular formula is C14H16N2O5. The second-order valence-corrected chi connectivity index (χ2v) is 5.08. The van der Waals surface area contributed by atoms with Crippen molar-refractivity contribution in [2.45, 2.75) is 18.4 Å². The highest BCUT2D eigenvalue weighted by Gasteiger charge is 2.40. The van der Waals surface area contributed by atoms with Gasteiger partial charge in [-0.1, -0.05) is 0 Å². The van der Waals surface area contributed by atoms with E-state index < -0.39 is 11.4 Å². The lowest BCUT2D eigenvalue weighted by molar-refractivity contribution is -0.127. The van der Waals surface area contributed by atoms with Crippen LogP contribution in [0.3, 0.4) is 0 Å². The standard InChI is InChI=1S/C14H16N2O5/c15-13(18)14(3-5-19-6-4-14)16-12(17)9-1-2-10-11(7-9)21-8-20-10/h1-2,7H,3-6,8H2,(H2,15,18)(H,16,17). The van der Waals surface area contributed by atoms with Crippen LogP contribution in [-0.2, 0) is 9.53 Å². The Labute approximate surface area is 121 Å². The van der Waals surface area contributed by atoms with Crippen molar-refractivity contribution in [3.05, 3.63) is 23.8 Å². The molecule has 0 aliphatic carbocycles. The minimum atomic E-state index is -1.05. The van der Waals surface area contributed by atoms with Gasteiger partial charge in [-0.3, -0.25) is 9.59 Å². The molecule has 0 spiro atoms. The number of carbonyl (C=O) groups excluding carboxylic acids is 2. The molecule has 21 heavy (non-hydrogen) atoms. The Morgan fingerprint density at radius 1 is 1.14 bits per heavy atom. The molecule has 2 heterocycles. The fourth-order valence-electron chi connectivity index (χ4n) is 2.48. The fourth-order valence-corrected chi connectivity index (χ4v) is 2.48. The maximum absolute atomic E-state index is 12.4. The van der Waals surface area contributed by atoms with E-state index in [4.69, 9.17) is 19.9 Å². The zero-order valence-electron chi connectivity index (χ0n) is 11.4. The molecule has 1 aromatic rings. The van der Waals surface area contributed by atoms with Gasteiger partial charge in [-0.05, 0) is 18.2 Å². The summed E-state index contributed by atoms with van der Waals surface area (Å²) in [5.41, 5.74) is 4.81. The summed E-state index contributed by atoms with van der Waals surface area (Å²) in [5.74, 6) is 0.207. The molecule has 1 fully saturated rings. The molecule has 0 atom stereocenters. The van der Waals surface area contributed by atoms with E-state index in [2.05, 4.69) is 5.32 Å². The quantitative estimate of drug-likeness (QED) is 0.827. The molecule has 0 bridgehead atoms. The largest absolute Gasteiger partial charge is 0.454 e. The number of nitrogens with one attached hydrogen (secondary N) is 1. The predicted octanol–water partition coefficient (Wildman–Crippen LogP) is 0.180. The van der Waals surface area contributed by atoms with Crippen molar-refractivity contribution in [3.63, 3.8) is 0 Å². The highest BCUT2D eigenvalue weighted by atomic mass is 16.7. The van der Waals surface area contributed by atoms with Crippen LogP contribution in [0.5, 0.6) is 11.5 Å². The van der Waals surface area contributed by atoms with Crippen molar-refractivity contribution in [3.8, 4) is 11.5 Å². The van der Waals surface area contributed by atoms with Crippen molar-refractivity contribution in [2.75, 3.05) is 20.0 Å². The van der Waals surface area contributed by atoms with Crippen LogP contribution in [-0.4, -0.2) is 37.4 Å². The number of fused-ring (bicyclic) bond motifs is 1. The van der Waals surface area contributed by atoms with Crippen LogP contribution in [0.1, 0.15) is 23.2 Å². The minimum Gasteiger partial charge on any atom is -0.454 e. The number of rotatable bonds is 3.